The van der Waals surface area contributed by atoms with Gasteiger partial charge in [0.2, 0.25) is 0 Å². The Hall–Kier alpha value is -2.77. The first-order chi connectivity index (χ1) is 12.1. The molecular weight excluding hydrogens is 345 g/mol. The molecule has 1 aromatic carbocycles. The Bertz CT molecular complexity index is 694. The Morgan fingerprint density at radius 1 is 1.15 bits per heavy atom. The summed E-state index contributed by atoms with van der Waals surface area (Å²) in [6.45, 7) is 6.72. The van der Waals surface area contributed by atoms with E-state index < -0.39 is 23.5 Å². The van der Waals surface area contributed by atoms with Gasteiger partial charge in [0, 0.05) is 11.6 Å². The van der Waals surface area contributed by atoms with Crippen molar-refractivity contribution in [2.75, 3.05) is 20.8 Å². The number of carbonyl (C=O) groups excluding carboxylic acids is 2. The molecule has 0 spiro atoms. The van der Waals surface area contributed by atoms with Crippen LogP contribution in [0.5, 0.6) is 11.5 Å². The maximum absolute atomic E-state index is 14.3. The third-order valence-corrected chi connectivity index (χ3v) is 2.93. The molecule has 144 valence electrons. The summed E-state index contributed by atoms with van der Waals surface area (Å²) in [5.74, 6) is -1.04. The summed E-state index contributed by atoms with van der Waals surface area (Å²) >= 11 is 0. The van der Waals surface area contributed by atoms with Gasteiger partial charge in [0.05, 0.1) is 20.8 Å². The first-order valence-electron chi connectivity index (χ1n) is 7.91. The first kappa shape index (κ1) is 21.3. The largest absolute Gasteiger partial charge is 0.493 e. The van der Waals surface area contributed by atoms with Gasteiger partial charge in [-0.3, -0.25) is 5.32 Å². The molecule has 0 unspecified atom stereocenters. The van der Waals surface area contributed by atoms with Crippen LogP contribution in [0.1, 0.15) is 33.3 Å². The Morgan fingerprint density at radius 3 is 2.23 bits per heavy atom. The lowest BCUT2D eigenvalue weighted by Crippen LogP contribution is -2.34. The van der Waals surface area contributed by atoms with Crippen LogP contribution in [-0.2, 0) is 14.3 Å². The molecule has 0 saturated heterocycles. The molecule has 1 N–H and O–H groups in total. The molecule has 7 nitrogen and oxygen atoms in total. The lowest BCUT2D eigenvalue weighted by Gasteiger charge is -2.20. The van der Waals surface area contributed by atoms with Gasteiger partial charge < -0.3 is 18.9 Å². The maximum Gasteiger partial charge on any atom is 0.412 e. The Balaban J connectivity index is 3.25. The van der Waals surface area contributed by atoms with Crippen LogP contribution < -0.4 is 14.8 Å². The van der Waals surface area contributed by atoms with Crippen LogP contribution in [0, 0.1) is 5.82 Å². The van der Waals surface area contributed by atoms with Gasteiger partial charge in [-0.1, -0.05) is 0 Å². The molecule has 1 rings (SSSR count). The van der Waals surface area contributed by atoms with Crippen molar-refractivity contribution in [1.82, 2.24) is 5.32 Å². The van der Waals surface area contributed by atoms with Crippen LogP contribution in [0.2, 0.25) is 0 Å². The quantitative estimate of drug-likeness (QED) is 0.612. The van der Waals surface area contributed by atoms with Crippen LogP contribution in [0.3, 0.4) is 0 Å². The zero-order valence-corrected chi connectivity index (χ0v) is 15.8. The van der Waals surface area contributed by atoms with Gasteiger partial charge in [-0.05, 0) is 39.8 Å². The van der Waals surface area contributed by atoms with Crippen LogP contribution in [-0.4, -0.2) is 38.5 Å². The molecule has 1 aromatic rings. The molecule has 0 radical (unpaired) electrons. The van der Waals surface area contributed by atoms with E-state index >= 15 is 0 Å². The van der Waals surface area contributed by atoms with Crippen LogP contribution >= 0.6 is 0 Å². The van der Waals surface area contributed by atoms with E-state index in [1.54, 1.807) is 27.7 Å². The Labute approximate surface area is 152 Å². The fourth-order valence-electron chi connectivity index (χ4n) is 1.90. The summed E-state index contributed by atoms with van der Waals surface area (Å²) < 4.78 is 34.4. The predicted molar refractivity (Wildman–Crippen MR) is 93.5 cm³/mol. The third-order valence-electron chi connectivity index (χ3n) is 2.93. The van der Waals surface area contributed by atoms with Gasteiger partial charge >= 0.3 is 12.1 Å². The molecule has 0 aliphatic heterocycles. The molecule has 1 amide bonds. The van der Waals surface area contributed by atoms with Gasteiger partial charge in [0.1, 0.15) is 17.1 Å². The maximum atomic E-state index is 14.3. The van der Waals surface area contributed by atoms with Gasteiger partial charge in [-0.15, -0.1) is 0 Å². The first-order valence-corrected chi connectivity index (χ1v) is 7.91. The summed E-state index contributed by atoms with van der Waals surface area (Å²) in [6.07, 6.45) is 0.275. The third kappa shape index (κ3) is 6.27. The number of rotatable bonds is 6. The highest BCUT2D eigenvalue weighted by Gasteiger charge is 2.21. The van der Waals surface area contributed by atoms with Crippen molar-refractivity contribution in [3.63, 3.8) is 0 Å². The van der Waals surface area contributed by atoms with Gasteiger partial charge in [0.25, 0.3) is 0 Å². The number of alkyl carbamates (subject to hydrolysis) is 1. The number of halogens is 1. The Morgan fingerprint density at radius 2 is 1.73 bits per heavy atom. The number of carbonyl (C=O) groups is 2. The lowest BCUT2D eigenvalue weighted by atomic mass is 10.1. The fraction of sp³-hybridized carbons (Fsp3) is 0.444. The average Bonchev–Trinajstić information content (AvgIpc) is 2.53. The molecule has 0 heterocycles. The lowest BCUT2D eigenvalue weighted by molar-refractivity contribution is -0.138. The van der Waals surface area contributed by atoms with E-state index in [0.717, 1.165) is 12.1 Å². The molecule has 0 saturated carbocycles. The molecule has 0 aromatic heterocycles. The number of methoxy groups -OCH3 is 2. The summed E-state index contributed by atoms with van der Waals surface area (Å²) in [4.78, 5) is 24.1. The van der Waals surface area contributed by atoms with Crippen molar-refractivity contribution in [3.8, 4) is 11.5 Å². The summed E-state index contributed by atoms with van der Waals surface area (Å²) in [7, 11) is 2.77. The van der Waals surface area contributed by atoms with Gasteiger partial charge in [-0.2, -0.15) is 0 Å². The van der Waals surface area contributed by atoms with Crippen LogP contribution in [0.25, 0.3) is 6.08 Å². The van der Waals surface area contributed by atoms with Gasteiger partial charge in [0.15, 0.2) is 11.5 Å². The number of hydrogen-bond donors (Lipinski definition) is 1. The zero-order valence-electron chi connectivity index (χ0n) is 15.8. The topological polar surface area (TPSA) is 83.1 Å². The number of ether oxygens (including phenoxy) is 4. The second-order valence-corrected chi connectivity index (χ2v) is 6.13. The van der Waals surface area contributed by atoms with Crippen molar-refractivity contribution in [1.29, 1.82) is 0 Å². The second-order valence-electron chi connectivity index (χ2n) is 6.13. The van der Waals surface area contributed by atoms with E-state index in [9.17, 15) is 14.0 Å². The summed E-state index contributed by atoms with van der Waals surface area (Å²) in [5.41, 5.74) is -1.03. The van der Waals surface area contributed by atoms with E-state index in [2.05, 4.69) is 5.32 Å². The second kappa shape index (κ2) is 9.07. The number of benzene rings is 1. The minimum Gasteiger partial charge on any atom is -0.493 e. The highest BCUT2D eigenvalue weighted by Crippen LogP contribution is 2.30. The SMILES string of the molecule is CCOC(=O)/C(=C/c1cc(OC)c(OC)cc1F)NC(=O)OC(C)(C)C. The fourth-order valence-corrected chi connectivity index (χ4v) is 1.90. The average molecular weight is 369 g/mol. The number of esters is 1. The molecule has 0 bridgehead atoms. The summed E-state index contributed by atoms with van der Waals surface area (Å²) in [6, 6.07) is 2.45. The van der Waals surface area contributed by atoms with Gasteiger partial charge in [-0.25, -0.2) is 14.0 Å². The molecule has 8 heteroatoms. The highest BCUT2D eigenvalue weighted by atomic mass is 19.1. The zero-order chi connectivity index (χ0) is 19.9. The minimum absolute atomic E-state index is 0.00163. The highest BCUT2D eigenvalue weighted by molar-refractivity contribution is 5.97. The molecular formula is C18H24FNO6. The van der Waals surface area contributed by atoms with Crippen molar-refractivity contribution in [3.05, 3.63) is 29.2 Å². The van der Waals surface area contributed by atoms with E-state index in [4.69, 9.17) is 18.9 Å². The monoisotopic (exact) mass is 369 g/mol. The number of nitrogens with one attached hydrogen (secondary N) is 1. The molecule has 26 heavy (non-hydrogen) atoms. The van der Waals surface area contributed by atoms with Crippen molar-refractivity contribution >= 4 is 18.1 Å². The molecule has 0 atom stereocenters. The van der Waals surface area contributed by atoms with E-state index in [1.807, 2.05) is 0 Å². The normalized spacial score (nSPS) is 11.6. The number of hydrogen-bond acceptors (Lipinski definition) is 6. The van der Waals surface area contributed by atoms with E-state index in [1.165, 1.54) is 20.3 Å². The minimum atomic E-state index is -0.863. The number of amides is 1. The van der Waals surface area contributed by atoms with Crippen LogP contribution in [0.4, 0.5) is 9.18 Å². The summed E-state index contributed by atoms with van der Waals surface area (Å²) in [5, 5.41) is 2.29. The molecule has 0 aliphatic rings. The predicted octanol–water partition coefficient (Wildman–Crippen LogP) is 3.27. The van der Waals surface area contributed by atoms with Crippen molar-refractivity contribution in [2.24, 2.45) is 0 Å². The van der Waals surface area contributed by atoms with Crippen molar-refractivity contribution in [2.45, 2.75) is 33.3 Å². The molecule has 0 fully saturated rings. The molecule has 0 aliphatic carbocycles. The van der Waals surface area contributed by atoms with E-state index in [0.29, 0.717) is 0 Å². The van der Waals surface area contributed by atoms with E-state index in [-0.39, 0.29) is 29.4 Å². The standard InChI is InChI=1S/C18H24FNO6/c1-7-25-16(21)13(20-17(22)26-18(2,3)4)8-11-9-14(23-5)15(24-6)10-12(11)19/h8-10H,7H2,1-6H3,(H,20,22)/b13-8-. The Kier molecular flexibility index (Phi) is 7.42. The smallest absolute Gasteiger partial charge is 0.412 e. The van der Waals surface area contributed by atoms with Crippen LogP contribution in [0.15, 0.2) is 17.8 Å². The van der Waals surface area contributed by atoms with Crippen molar-refractivity contribution < 1.29 is 32.9 Å².